The first kappa shape index (κ1) is 14.3. The Balaban J connectivity index is 1.37. The normalized spacial score (nSPS) is 26.0. The van der Waals surface area contributed by atoms with Crippen molar-refractivity contribution in [2.45, 2.75) is 18.9 Å². The number of rotatable bonds is 3. The second kappa shape index (κ2) is 6.04. The Morgan fingerprint density at radius 3 is 2.70 bits per heavy atom. The number of nitrogens with one attached hydrogen (secondary N) is 1. The van der Waals surface area contributed by atoms with Gasteiger partial charge >= 0.3 is 6.09 Å². The Bertz CT molecular complexity index is 677. The van der Waals surface area contributed by atoms with Crippen LogP contribution in [-0.4, -0.2) is 41.7 Å². The summed E-state index contributed by atoms with van der Waals surface area (Å²) in [5, 5.41) is 2.97. The van der Waals surface area contributed by atoms with Gasteiger partial charge in [0, 0.05) is 36.6 Å². The predicted molar refractivity (Wildman–Crippen MR) is 84.1 cm³/mol. The van der Waals surface area contributed by atoms with E-state index in [-0.39, 0.29) is 12.0 Å². The topological polar surface area (TPSA) is 67.6 Å². The number of furan rings is 1. The minimum absolute atomic E-state index is 0.180. The fourth-order valence-corrected chi connectivity index (χ4v) is 3.45. The van der Waals surface area contributed by atoms with E-state index in [1.165, 1.54) is 0 Å². The van der Waals surface area contributed by atoms with Gasteiger partial charge in [0.1, 0.15) is 5.76 Å². The lowest BCUT2D eigenvalue weighted by atomic mass is 9.84. The lowest BCUT2D eigenvalue weighted by molar-refractivity contribution is 0.0715. The van der Waals surface area contributed by atoms with Crippen molar-refractivity contribution in [1.29, 1.82) is 0 Å². The Kier molecular flexibility index (Phi) is 3.75. The number of amides is 1. The van der Waals surface area contributed by atoms with Crippen LogP contribution in [0.5, 0.6) is 5.95 Å². The maximum Gasteiger partial charge on any atom is 0.415 e. The molecule has 6 heteroatoms. The molecule has 3 fully saturated rings. The van der Waals surface area contributed by atoms with E-state index in [4.69, 9.17) is 9.15 Å². The molecule has 0 saturated carbocycles. The molecule has 0 aromatic carbocycles. The van der Waals surface area contributed by atoms with Crippen molar-refractivity contribution in [3.63, 3.8) is 0 Å². The maximum absolute atomic E-state index is 12.1. The van der Waals surface area contributed by atoms with E-state index >= 15 is 0 Å². The molecule has 0 unspecified atom stereocenters. The van der Waals surface area contributed by atoms with E-state index in [0.29, 0.717) is 11.7 Å². The average molecular weight is 313 g/mol. The van der Waals surface area contributed by atoms with Crippen molar-refractivity contribution >= 4 is 6.09 Å². The Hall–Kier alpha value is -2.34. The standard InChI is InChI=1S/C17H19N3O3/c21-17(19-14-11-20-9-5-12(14)6-10-20)23-16-2-1-15(22-16)13-3-7-18-8-4-13/h1-4,7-8,12,14H,5-6,9-11H2,(H,19,21)/t14-/m0/s1. The summed E-state index contributed by atoms with van der Waals surface area (Å²) in [6.45, 7) is 3.21. The van der Waals surface area contributed by atoms with Gasteiger partial charge in [-0.05, 0) is 50.0 Å². The first-order valence-electron chi connectivity index (χ1n) is 7.99. The first-order valence-corrected chi connectivity index (χ1v) is 7.99. The zero-order valence-electron chi connectivity index (χ0n) is 12.8. The van der Waals surface area contributed by atoms with Gasteiger partial charge in [-0.1, -0.05) is 0 Å². The SMILES string of the molecule is O=C(N[C@H]1CN2CCC1CC2)Oc1ccc(-c2ccncc2)o1. The van der Waals surface area contributed by atoms with E-state index in [9.17, 15) is 4.79 Å². The molecular formula is C17H19N3O3. The van der Waals surface area contributed by atoms with Gasteiger partial charge in [-0.2, -0.15) is 0 Å². The minimum Gasteiger partial charge on any atom is -0.425 e. The highest BCUT2D eigenvalue weighted by molar-refractivity contribution is 5.70. The average Bonchev–Trinajstić information content (AvgIpc) is 3.05. The first-order chi connectivity index (χ1) is 11.3. The van der Waals surface area contributed by atoms with Crippen molar-refractivity contribution in [1.82, 2.24) is 15.2 Å². The molecule has 2 bridgehead atoms. The minimum atomic E-state index is -0.445. The summed E-state index contributed by atoms with van der Waals surface area (Å²) in [6, 6.07) is 7.31. The zero-order chi connectivity index (χ0) is 15.6. The quantitative estimate of drug-likeness (QED) is 0.943. The van der Waals surface area contributed by atoms with Crippen LogP contribution in [0.4, 0.5) is 4.79 Å². The fourth-order valence-electron chi connectivity index (χ4n) is 3.45. The van der Waals surface area contributed by atoms with Crippen LogP contribution in [0.25, 0.3) is 11.3 Å². The number of aromatic nitrogens is 1. The van der Waals surface area contributed by atoms with Crippen LogP contribution < -0.4 is 10.1 Å². The summed E-state index contributed by atoms with van der Waals surface area (Å²) in [6.07, 6.45) is 5.24. The van der Waals surface area contributed by atoms with Crippen molar-refractivity contribution in [3.8, 4) is 17.3 Å². The van der Waals surface area contributed by atoms with Gasteiger partial charge in [0.15, 0.2) is 0 Å². The van der Waals surface area contributed by atoms with E-state index in [2.05, 4.69) is 15.2 Å². The summed E-state index contributed by atoms with van der Waals surface area (Å²) in [5.74, 6) is 1.42. The molecule has 6 nitrogen and oxygen atoms in total. The number of hydrogen-bond acceptors (Lipinski definition) is 5. The molecule has 23 heavy (non-hydrogen) atoms. The highest BCUT2D eigenvalue weighted by Gasteiger charge is 2.35. The van der Waals surface area contributed by atoms with Gasteiger partial charge < -0.3 is 19.4 Å². The molecule has 2 aromatic rings. The van der Waals surface area contributed by atoms with Gasteiger partial charge in [-0.3, -0.25) is 4.98 Å². The molecule has 3 aliphatic heterocycles. The van der Waals surface area contributed by atoms with E-state index < -0.39 is 6.09 Å². The maximum atomic E-state index is 12.1. The summed E-state index contributed by atoms with van der Waals surface area (Å²) in [5.41, 5.74) is 0.896. The Labute approximate surface area is 134 Å². The molecule has 3 saturated heterocycles. The highest BCUT2D eigenvalue weighted by atomic mass is 16.6. The lowest BCUT2D eigenvalue weighted by Gasteiger charge is -2.44. The van der Waals surface area contributed by atoms with Crippen LogP contribution in [-0.2, 0) is 0 Å². The van der Waals surface area contributed by atoms with Gasteiger partial charge in [-0.25, -0.2) is 4.79 Å². The molecule has 0 radical (unpaired) electrons. The molecule has 1 amide bonds. The van der Waals surface area contributed by atoms with Crippen LogP contribution in [0.2, 0.25) is 0 Å². The molecule has 0 spiro atoms. The number of nitrogens with zero attached hydrogens (tertiary/aromatic N) is 2. The third-order valence-corrected chi connectivity index (χ3v) is 4.70. The molecule has 0 aliphatic carbocycles. The largest absolute Gasteiger partial charge is 0.425 e. The van der Waals surface area contributed by atoms with Crippen molar-refractivity contribution in [2.24, 2.45) is 5.92 Å². The summed E-state index contributed by atoms with van der Waals surface area (Å²) in [7, 11) is 0. The molecule has 120 valence electrons. The van der Waals surface area contributed by atoms with Crippen LogP contribution in [0, 0.1) is 5.92 Å². The van der Waals surface area contributed by atoms with Crippen LogP contribution in [0.15, 0.2) is 41.1 Å². The lowest BCUT2D eigenvalue weighted by Crippen LogP contribution is -2.57. The van der Waals surface area contributed by atoms with Crippen molar-refractivity contribution in [3.05, 3.63) is 36.7 Å². The molecule has 5 rings (SSSR count). The molecule has 5 heterocycles. The van der Waals surface area contributed by atoms with Crippen LogP contribution >= 0.6 is 0 Å². The van der Waals surface area contributed by atoms with Gasteiger partial charge in [0.05, 0.1) is 0 Å². The van der Waals surface area contributed by atoms with Gasteiger partial charge in [0.2, 0.25) is 0 Å². The second-order valence-electron chi connectivity index (χ2n) is 6.13. The monoisotopic (exact) mass is 313 g/mol. The zero-order valence-corrected chi connectivity index (χ0v) is 12.8. The number of fused-ring (bicyclic) bond motifs is 3. The van der Waals surface area contributed by atoms with E-state index in [1.807, 2.05) is 12.1 Å². The molecule has 1 atom stereocenters. The molecule has 3 aliphatic rings. The van der Waals surface area contributed by atoms with Gasteiger partial charge in [0.25, 0.3) is 5.95 Å². The number of carbonyl (C=O) groups is 1. The van der Waals surface area contributed by atoms with Crippen molar-refractivity contribution in [2.75, 3.05) is 19.6 Å². The Morgan fingerprint density at radius 2 is 2.00 bits per heavy atom. The predicted octanol–water partition coefficient (Wildman–Crippen LogP) is 2.52. The molecule has 2 aromatic heterocycles. The van der Waals surface area contributed by atoms with E-state index in [0.717, 1.165) is 38.0 Å². The Morgan fingerprint density at radius 1 is 1.22 bits per heavy atom. The highest BCUT2D eigenvalue weighted by Crippen LogP contribution is 2.28. The van der Waals surface area contributed by atoms with Gasteiger partial charge in [-0.15, -0.1) is 0 Å². The third-order valence-electron chi connectivity index (χ3n) is 4.70. The number of pyridine rings is 1. The number of hydrogen-bond donors (Lipinski definition) is 1. The molecular weight excluding hydrogens is 294 g/mol. The molecule has 1 N–H and O–H groups in total. The number of carbonyl (C=O) groups excluding carboxylic acids is 1. The van der Waals surface area contributed by atoms with Crippen LogP contribution in [0.1, 0.15) is 12.8 Å². The third kappa shape index (κ3) is 3.07. The van der Waals surface area contributed by atoms with E-state index in [1.54, 1.807) is 24.5 Å². The summed E-state index contributed by atoms with van der Waals surface area (Å²) < 4.78 is 10.8. The second-order valence-corrected chi connectivity index (χ2v) is 6.13. The fraction of sp³-hybridized carbons (Fsp3) is 0.412. The van der Waals surface area contributed by atoms with Crippen LogP contribution in [0.3, 0.4) is 0 Å². The summed E-state index contributed by atoms with van der Waals surface area (Å²) >= 11 is 0. The smallest absolute Gasteiger partial charge is 0.415 e. The van der Waals surface area contributed by atoms with Crippen molar-refractivity contribution < 1.29 is 13.9 Å². The summed E-state index contributed by atoms with van der Waals surface area (Å²) in [4.78, 5) is 18.4. The number of ether oxygens (including phenoxy) is 1. The number of piperidine rings is 3.